The number of H-pyrrole nitrogens is 1. The number of amides is 1. The van der Waals surface area contributed by atoms with E-state index in [2.05, 4.69) is 27.0 Å². The number of ether oxygens (including phenoxy) is 2. The highest BCUT2D eigenvalue weighted by Gasteiger charge is 2.26. The molecule has 3 heterocycles. The van der Waals surface area contributed by atoms with E-state index in [-0.39, 0.29) is 18.1 Å². The number of nitrogens with two attached hydrogens (primary N) is 1. The first kappa shape index (κ1) is 25.7. The lowest BCUT2D eigenvalue weighted by atomic mass is 10.0. The molecule has 1 unspecified atom stereocenters. The molecular formula is C29H32FN5O3. The lowest BCUT2D eigenvalue weighted by Crippen LogP contribution is -2.53. The summed E-state index contributed by atoms with van der Waals surface area (Å²) in [6.07, 6.45) is 3.70. The number of benzene rings is 2. The summed E-state index contributed by atoms with van der Waals surface area (Å²) in [5, 5.41) is 0.813. The van der Waals surface area contributed by atoms with Crippen LogP contribution >= 0.6 is 0 Å². The van der Waals surface area contributed by atoms with E-state index in [9.17, 15) is 9.18 Å². The predicted molar refractivity (Wildman–Crippen MR) is 144 cm³/mol. The molecule has 1 aliphatic heterocycles. The summed E-state index contributed by atoms with van der Waals surface area (Å²) in [5.41, 5.74) is 9.76. The van der Waals surface area contributed by atoms with Crippen LogP contribution in [-0.4, -0.2) is 65.0 Å². The molecule has 5 rings (SSSR count). The predicted octanol–water partition coefficient (Wildman–Crippen LogP) is 4.03. The quantitative estimate of drug-likeness (QED) is 0.366. The monoisotopic (exact) mass is 517 g/mol. The number of carbonyl (C=O) groups is 1. The second kappa shape index (κ2) is 11.2. The van der Waals surface area contributed by atoms with Gasteiger partial charge in [-0.1, -0.05) is 18.2 Å². The minimum Gasteiger partial charge on any atom is -0.497 e. The van der Waals surface area contributed by atoms with Gasteiger partial charge in [0, 0.05) is 45.1 Å². The van der Waals surface area contributed by atoms with Crippen molar-refractivity contribution in [3.8, 4) is 17.2 Å². The number of carbonyl (C=O) groups excluding carboxylic acids is 1. The fraction of sp³-hybridized carbons (Fsp3) is 0.310. The topological polar surface area (TPSA) is 96.7 Å². The molecule has 1 fully saturated rings. The van der Waals surface area contributed by atoms with Gasteiger partial charge >= 0.3 is 0 Å². The molecule has 0 bridgehead atoms. The largest absolute Gasteiger partial charge is 0.497 e. The van der Waals surface area contributed by atoms with E-state index in [1.165, 1.54) is 11.6 Å². The average Bonchev–Trinajstić information content (AvgIpc) is 3.32. The van der Waals surface area contributed by atoms with Gasteiger partial charge in [-0.05, 0) is 60.4 Å². The molecular weight excluding hydrogens is 485 g/mol. The first-order chi connectivity index (χ1) is 18.4. The lowest BCUT2D eigenvalue weighted by molar-refractivity contribution is -0.134. The van der Waals surface area contributed by atoms with Crippen LogP contribution in [0.25, 0.3) is 11.0 Å². The van der Waals surface area contributed by atoms with Crippen LogP contribution in [0.15, 0.2) is 60.9 Å². The van der Waals surface area contributed by atoms with Gasteiger partial charge in [0.05, 0.1) is 18.5 Å². The third-order valence-electron chi connectivity index (χ3n) is 6.97. The number of nitrogens with zero attached hydrogens (tertiary/aromatic N) is 3. The van der Waals surface area contributed by atoms with Crippen LogP contribution in [-0.2, 0) is 17.8 Å². The minimum atomic E-state index is -0.739. The Morgan fingerprint density at radius 3 is 2.53 bits per heavy atom. The van der Waals surface area contributed by atoms with Crippen LogP contribution < -0.4 is 15.2 Å². The molecule has 0 spiro atoms. The van der Waals surface area contributed by atoms with Crippen LogP contribution in [0, 0.1) is 12.7 Å². The summed E-state index contributed by atoms with van der Waals surface area (Å²) in [7, 11) is 1.65. The van der Waals surface area contributed by atoms with E-state index in [1.807, 2.05) is 25.3 Å². The number of methoxy groups -OCH3 is 1. The number of aromatic amines is 1. The number of piperazine rings is 1. The molecule has 198 valence electrons. The van der Waals surface area contributed by atoms with Gasteiger partial charge < -0.3 is 25.1 Å². The molecule has 4 aromatic rings. The van der Waals surface area contributed by atoms with Crippen LogP contribution in [0.2, 0.25) is 0 Å². The molecule has 1 saturated heterocycles. The second-order valence-corrected chi connectivity index (χ2v) is 9.63. The van der Waals surface area contributed by atoms with Gasteiger partial charge in [0.2, 0.25) is 5.91 Å². The summed E-state index contributed by atoms with van der Waals surface area (Å²) in [6, 6.07) is 13.7. The fourth-order valence-corrected chi connectivity index (χ4v) is 4.83. The Hall–Kier alpha value is -3.95. The SMILES string of the molecule is COc1ccc(CN2CCN(C(=O)C(N)Cc3ccc(Oc4ccnc5[nH]cc(C)c45)c(F)c3)CC2)cc1. The normalized spacial score (nSPS) is 15.0. The van der Waals surface area contributed by atoms with Crippen LogP contribution in [0.3, 0.4) is 0 Å². The molecule has 38 heavy (non-hydrogen) atoms. The molecule has 1 aliphatic rings. The van der Waals surface area contributed by atoms with Crippen molar-refractivity contribution in [1.82, 2.24) is 19.8 Å². The molecule has 0 radical (unpaired) electrons. The number of aryl methyl sites for hydroxylation is 1. The standard InChI is InChI=1S/C29H32FN5O3/c1-19-17-33-28-27(19)26(9-10-32-28)38-25-8-5-21(15-23(25)30)16-24(31)29(36)35-13-11-34(12-14-35)18-20-3-6-22(37-2)7-4-20/h3-10,15,17,24H,11-14,16,18,31H2,1-2H3,(H,32,33). The van der Waals surface area contributed by atoms with Gasteiger partial charge in [0.15, 0.2) is 11.6 Å². The van der Waals surface area contributed by atoms with Gasteiger partial charge in [-0.3, -0.25) is 9.69 Å². The Kier molecular flexibility index (Phi) is 7.57. The number of aromatic nitrogens is 2. The maximum absolute atomic E-state index is 14.9. The summed E-state index contributed by atoms with van der Waals surface area (Å²) in [6.45, 7) is 5.53. The van der Waals surface area contributed by atoms with Gasteiger partial charge in [0.1, 0.15) is 17.1 Å². The number of halogens is 1. The van der Waals surface area contributed by atoms with Gasteiger partial charge in [-0.25, -0.2) is 9.37 Å². The van der Waals surface area contributed by atoms with Crippen molar-refractivity contribution in [2.45, 2.75) is 25.9 Å². The van der Waals surface area contributed by atoms with E-state index in [0.29, 0.717) is 30.0 Å². The second-order valence-electron chi connectivity index (χ2n) is 9.63. The first-order valence-electron chi connectivity index (χ1n) is 12.7. The Morgan fingerprint density at radius 1 is 1.08 bits per heavy atom. The van der Waals surface area contributed by atoms with Gasteiger partial charge in [-0.15, -0.1) is 0 Å². The highest BCUT2D eigenvalue weighted by Crippen LogP contribution is 2.32. The molecule has 2 aromatic heterocycles. The molecule has 0 aliphatic carbocycles. The number of fused-ring (bicyclic) bond motifs is 1. The van der Waals surface area contributed by atoms with Crippen molar-refractivity contribution in [2.75, 3.05) is 33.3 Å². The number of nitrogens with one attached hydrogen (secondary N) is 1. The summed E-state index contributed by atoms with van der Waals surface area (Å²) in [4.78, 5) is 24.5. The van der Waals surface area contributed by atoms with E-state index in [4.69, 9.17) is 15.2 Å². The number of pyridine rings is 1. The molecule has 9 heteroatoms. The highest BCUT2D eigenvalue weighted by atomic mass is 19.1. The number of rotatable bonds is 8. The maximum Gasteiger partial charge on any atom is 0.239 e. The molecule has 2 aromatic carbocycles. The zero-order valence-corrected chi connectivity index (χ0v) is 21.6. The summed E-state index contributed by atoms with van der Waals surface area (Å²) in [5.74, 6) is 0.847. The first-order valence-corrected chi connectivity index (χ1v) is 12.7. The Bertz CT molecular complexity index is 1410. The lowest BCUT2D eigenvalue weighted by Gasteiger charge is -2.36. The van der Waals surface area contributed by atoms with Crippen molar-refractivity contribution >= 4 is 16.9 Å². The van der Waals surface area contributed by atoms with E-state index in [1.54, 1.807) is 36.4 Å². The Morgan fingerprint density at radius 2 is 1.82 bits per heavy atom. The van der Waals surface area contributed by atoms with E-state index < -0.39 is 11.9 Å². The van der Waals surface area contributed by atoms with Crippen molar-refractivity contribution in [3.05, 3.63) is 83.4 Å². The maximum atomic E-state index is 14.9. The van der Waals surface area contributed by atoms with Crippen LogP contribution in [0.5, 0.6) is 17.2 Å². The zero-order chi connectivity index (χ0) is 26.6. The van der Waals surface area contributed by atoms with Gasteiger partial charge in [0.25, 0.3) is 0 Å². The van der Waals surface area contributed by atoms with Crippen molar-refractivity contribution in [3.63, 3.8) is 0 Å². The smallest absolute Gasteiger partial charge is 0.239 e. The van der Waals surface area contributed by atoms with Crippen LogP contribution in [0.1, 0.15) is 16.7 Å². The summed E-state index contributed by atoms with van der Waals surface area (Å²) >= 11 is 0. The van der Waals surface area contributed by atoms with Crippen molar-refractivity contribution in [1.29, 1.82) is 0 Å². The Balaban J connectivity index is 1.15. The van der Waals surface area contributed by atoms with Gasteiger partial charge in [-0.2, -0.15) is 0 Å². The number of hydrogen-bond acceptors (Lipinski definition) is 6. The molecule has 8 nitrogen and oxygen atoms in total. The average molecular weight is 518 g/mol. The van der Waals surface area contributed by atoms with Crippen LogP contribution in [0.4, 0.5) is 4.39 Å². The van der Waals surface area contributed by atoms with Crippen molar-refractivity contribution in [2.24, 2.45) is 5.73 Å². The number of hydrogen-bond donors (Lipinski definition) is 2. The molecule has 1 atom stereocenters. The van der Waals surface area contributed by atoms with E-state index in [0.717, 1.165) is 36.3 Å². The highest BCUT2D eigenvalue weighted by molar-refractivity contribution is 5.86. The third kappa shape index (κ3) is 5.64. The molecule has 0 saturated carbocycles. The minimum absolute atomic E-state index is 0.106. The van der Waals surface area contributed by atoms with E-state index >= 15 is 0 Å². The third-order valence-corrected chi connectivity index (χ3v) is 6.97. The summed E-state index contributed by atoms with van der Waals surface area (Å²) < 4.78 is 26.0. The molecule has 3 N–H and O–H groups in total. The van der Waals surface area contributed by atoms with Crippen molar-refractivity contribution < 1.29 is 18.7 Å². The molecule has 1 amide bonds. The zero-order valence-electron chi connectivity index (χ0n) is 21.6. The Labute approximate surface area is 221 Å². The fourth-order valence-electron chi connectivity index (χ4n) is 4.83.